The fraction of sp³-hybridized carbons (Fsp3) is 0.321. The van der Waals surface area contributed by atoms with Crippen molar-refractivity contribution in [2.24, 2.45) is 0 Å². The van der Waals surface area contributed by atoms with Crippen LogP contribution in [0.1, 0.15) is 46.9 Å². The normalized spacial score (nSPS) is 11.1. The number of carbonyl (C=O) groups excluding carboxylic acids is 1. The second-order valence-electron chi connectivity index (χ2n) is 8.84. The number of hydrogen-bond acceptors (Lipinski definition) is 4. The van der Waals surface area contributed by atoms with Gasteiger partial charge in [-0.3, -0.25) is 4.79 Å². The smallest absolute Gasteiger partial charge is 0.220 e. The van der Waals surface area contributed by atoms with E-state index in [-0.39, 0.29) is 11.7 Å². The van der Waals surface area contributed by atoms with Gasteiger partial charge in [-0.25, -0.2) is 9.07 Å². The highest BCUT2D eigenvalue weighted by Crippen LogP contribution is 2.32. The van der Waals surface area contributed by atoms with Gasteiger partial charge in [0.05, 0.1) is 18.0 Å². The molecule has 0 saturated carbocycles. The Morgan fingerprint density at radius 1 is 1.11 bits per heavy atom. The number of nitrogens with one attached hydrogen (secondary N) is 1. The maximum absolute atomic E-state index is 13.9. The number of halogens is 1. The summed E-state index contributed by atoms with van der Waals surface area (Å²) in [6.45, 7) is 10.8. The first-order chi connectivity index (χ1) is 16.8. The molecule has 7 heteroatoms. The highest BCUT2D eigenvalue weighted by Gasteiger charge is 2.21. The fourth-order valence-corrected chi connectivity index (χ4v) is 4.38. The third-order valence-electron chi connectivity index (χ3n) is 6.25. The lowest BCUT2D eigenvalue weighted by Gasteiger charge is -2.14. The number of hydrogen-bond donors (Lipinski definition) is 1. The first-order valence-corrected chi connectivity index (χ1v) is 11.9. The number of pyridine rings is 1. The van der Waals surface area contributed by atoms with Crippen molar-refractivity contribution in [2.75, 3.05) is 6.61 Å². The zero-order chi connectivity index (χ0) is 25.1. The van der Waals surface area contributed by atoms with Gasteiger partial charge < -0.3 is 10.1 Å². The van der Waals surface area contributed by atoms with Crippen LogP contribution in [0.5, 0.6) is 5.88 Å². The van der Waals surface area contributed by atoms with E-state index in [1.165, 1.54) is 17.7 Å². The molecule has 0 aliphatic carbocycles. The number of aryl methyl sites for hydroxylation is 4. The van der Waals surface area contributed by atoms with Gasteiger partial charge in [-0.2, -0.15) is 10.1 Å². The number of carbonyl (C=O) groups is 1. The zero-order valence-corrected chi connectivity index (χ0v) is 20.9. The molecule has 4 aromatic rings. The number of benzene rings is 2. The predicted octanol–water partition coefficient (Wildman–Crippen LogP) is 5.44. The third kappa shape index (κ3) is 5.19. The molecule has 0 aliphatic heterocycles. The molecule has 6 nitrogen and oxygen atoms in total. The Kier molecular flexibility index (Phi) is 7.15. The van der Waals surface area contributed by atoms with Crippen molar-refractivity contribution >= 4 is 16.9 Å². The summed E-state index contributed by atoms with van der Waals surface area (Å²) in [5.41, 5.74) is 7.30. The molecule has 0 fully saturated rings. The van der Waals surface area contributed by atoms with Crippen LogP contribution >= 0.6 is 0 Å². The molecule has 2 aromatic heterocycles. The third-order valence-corrected chi connectivity index (χ3v) is 6.25. The van der Waals surface area contributed by atoms with Crippen molar-refractivity contribution in [2.45, 2.75) is 54.0 Å². The van der Waals surface area contributed by atoms with Crippen molar-refractivity contribution < 1.29 is 13.9 Å². The first kappa shape index (κ1) is 24.4. The van der Waals surface area contributed by atoms with Crippen LogP contribution in [0.25, 0.3) is 16.7 Å². The van der Waals surface area contributed by atoms with Crippen LogP contribution in [0.3, 0.4) is 0 Å². The minimum absolute atomic E-state index is 0.0278. The van der Waals surface area contributed by atoms with Crippen LogP contribution in [-0.2, 0) is 17.8 Å². The minimum atomic E-state index is -0.339. The molecule has 0 spiro atoms. The molecule has 182 valence electrons. The van der Waals surface area contributed by atoms with Crippen LogP contribution in [0.15, 0.2) is 42.5 Å². The average molecular weight is 475 g/mol. The molecular weight excluding hydrogens is 443 g/mol. The number of rotatable bonds is 8. The highest BCUT2D eigenvalue weighted by molar-refractivity contribution is 5.86. The van der Waals surface area contributed by atoms with E-state index in [0.717, 1.165) is 33.3 Å². The van der Waals surface area contributed by atoms with Crippen LogP contribution < -0.4 is 10.1 Å². The molecule has 1 N–H and O–H groups in total. The Morgan fingerprint density at radius 2 is 1.91 bits per heavy atom. The van der Waals surface area contributed by atoms with Gasteiger partial charge >= 0.3 is 0 Å². The lowest BCUT2D eigenvalue weighted by atomic mass is 10.0. The van der Waals surface area contributed by atoms with E-state index in [1.807, 2.05) is 34.6 Å². The molecule has 1 amide bonds. The molecule has 0 unspecified atom stereocenters. The molecule has 4 rings (SSSR count). The van der Waals surface area contributed by atoms with E-state index < -0.39 is 0 Å². The summed E-state index contributed by atoms with van der Waals surface area (Å²) in [4.78, 5) is 17.5. The van der Waals surface area contributed by atoms with Crippen LogP contribution in [0, 0.1) is 33.5 Å². The van der Waals surface area contributed by atoms with Gasteiger partial charge in [0.25, 0.3) is 0 Å². The topological polar surface area (TPSA) is 69.0 Å². The summed E-state index contributed by atoms with van der Waals surface area (Å²) in [5.74, 6) is 0.117. The fourth-order valence-electron chi connectivity index (χ4n) is 4.38. The highest BCUT2D eigenvalue weighted by atomic mass is 19.1. The second-order valence-corrected chi connectivity index (χ2v) is 8.84. The Morgan fingerprint density at radius 3 is 2.66 bits per heavy atom. The van der Waals surface area contributed by atoms with Crippen LogP contribution in [0.4, 0.5) is 4.39 Å². The molecule has 2 heterocycles. The molecule has 0 saturated heterocycles. The molecule has 0 aliphatic rings. The summed E-state index contributed by atoms with van der Waals surface area (Å²) in [6, 6.07) is 12.5. The SMILES string of the molecule is CCOc1nc2c(c(C)nn2-c2cccc(F)c2)c(C)c1CCC(=O)NCc1cc(C)ccc1C. The Balaban J connectivity index is 1.60. The van der Waals surface area contributed by atoms with Crippen molar-refractivity contribution in [3.05, 3.63) is 81.8 Å². The van der Waals surface area contributed by atoms with Gasteiger partial charge in [0.1, 0.15) is 5.82 Å². The van der Waals surface area contributed by atoms with Gasteiger partial charge in [-0.15, -0.1) is 0 Å². The number of nitrogens with zero attached hydrogens (tertiary/aromatic N) is 3. The average Bonchev–Trinajstić information content (AvgIpc) is 3.16. The van der Waals surface area contributed by atoms with Crippen molar-refractivity contribution in [1.82, 2.24) is 20.1 Å². The first-order valence-electron chi connectivity index (χ1n) is 11.9. The van der Waals surface area contributed by atoms with E-state index >= 15 is 0 Å². The standard InChI is InChI=1S/C28H31FN4O2/c1-6-35-28-24(12-13-25(34)30-16-21-14-17(2)10-11-18(21)3)19(4)26-20(5)32-33(27(26)31-28)23-9-7-8-22(29)15-23/h7-11,14-15H,6,12-13,16H2,1-5H3,(H,30,34). The number of ether oxygens (including phenoxy) is 1. The molecule has 35 heavy (non-hydrogen) atoms. The monoisotopic (exact) mass is 474 g/mol. The predicted molar refractivity (Wildman–Crippen MR) is 136 cm³/mol. The van der Waals surface area contributed by atoms with Gasteiger partial charge in [0.2, 0.25) is 11.8 Å². The number of aromatic nitrogens is 3. The Labute approximate surface area is 205 Å². The number of fused-ring (bicyclic) bond motifs is 1. The van der Waals surface area contributed by atoms with E-state index in [1.54, 1.807) is 16.8 Å². The zero-order valence-electron chi connectivity index (χ0n) is 20.9. The van der Waals surface area contributed by atoms with Gasteiger partial charge in [0, 0.05) is 23.9 Å². The lowest BCUT2D eigenvalue weighted by Crippen LogP contribution is -2.23. The molecular formula is C28H31FN4O2. The van der Waals surface area contributed by atoms with Crippen LogP contribution in [0.2, 0.25) is 0 Å². The van der Waals surface area contributed by atoms with Crippen molar-refractivity contribution in [1.29, 1.82) is 0 Å². The summed E-state index contributed by atoms with van der Waals surface area (Å²) >= 11 is 0. The van der Waals surface area contributed by atoms with Gasteiger partial charge in [-0.05, 0) is 75.9 Å². The summed E-state index contributed by atoms with van der Waals surface area (Å²) in [6.07, 6.45) is 0.809. The van der Waals surface area contributed by atoms with Crippen LogP contribution in [-0.4, -0.2) is 27.3 Å². The molecule has 2 aromatic carbocycles. The second kappa shape index (κ2) is 10.3. The molecule has 0 atom stereocenters. The quantitative estimate of drug-likeness (QED) is 0.369. The van der Waals surface area contributed by atoms with Crippen molar-refractivity contribution in [3.63, 3.8) is 0 Å². The summed E-state index contributed by atoms with van der Waals surface area (Å²) < 4.78 is 21.4. The Bertz CT molecular complexity index is 1390. The van der Waals surface area contributed by atoms with Gasteiger partial charge in [-0.1, -0.05) is 29.8 Å². The summed E-state index contributed by atoms with van der Waals surface area (Å²) in [5, 5.41) is 8.56. The van der Waals surface area contributed by atoms with E-state index in [0.29, 0.717) is 43.2 Å². The summed E-state index contributed by atoms with van der Waals surface area (Å²) in [7, 11) is 0. The number of amides is 1. The lowest BCUT2D eigenvalue weighted by molar-refractivity contribution is -0.121. The van der Waals surface area contributed by atoms with Crippen molar-refractivity contribution in [3.8, 4) is 11.6 Å². The van der Waals surface area contributed by atoms with E-state index in [9.17, 15) is 9.18 Å². The van der Waals surface area contributed by atoms with E-state index in [2.05, 4.69) is 28.6 Å². The van der Waals surface area contributed by atoms with Gasteiger partial charge in [0.15, 0.2) is 5.65 Å². The van der Waals surface area contributed by atoms with E-state index in [4.69, 9.17) is 9.72 Å². The largest absolute Gasteiger partial charge is 0.478 e. The molecule has 0 bridgehead atoms. The Hall–Kier alpha value is -3.74. The maximum atomic E-state index is 13.9. The molecule has 0 radical (unpaired) electrons. The minimum Gasteiger partial charge on any atom is -0.478 e. The maximum Gasteiger partial charge on any atom is 0.220 e.